The molecular weight excluding hydrogens is 374 g/mol. The SMILES string of the molecule is CCC(=O)CC.O=C(c1ccccc1)c1ccc([N+](=O)[O-])c(Br)c1. The van der Waals surface area contributed by atoms with E-state index >= 15 is 0 Å². The number of halogens is 1. The van der Waals surface area contributed by atoms with Gasteiger partial charge in [-0.05, 0) is 28.1 Å². The summed E-state index contributed by atoms with van der Waals surface area (Å²) in [6.45, 7) is 3.76. The lowest BCUT2D eigenvalue weighted by atomic mass is 10.0. The first-order chi connectivity index (χ1) is 11.4. The van der Waals surface area contributed by atoms with Crippen molar-refractivity contribution in [2.75, 3.05) is 0 Å². The van der Waals surface area contributed by atoms with Crippen LogP contribution in [0.2, 0.25) is 0 Å². The molecule has 0 radical (unpaired) electrons. The molecule has 5 nitrogen and oxygen atoms in total. The van der Waals surface area contributed by atoms with Gasteiger partial charge in [-0.25, -0.2) is 0 Å². The van der Waals surface area contributed by atoms with Gasteiger partial charge in [0.15, 0.2) is 5.78 Å². The number of carbonyl (C=O) groups excluding carboxylic acids is 2. The second-order valence-electron chi connectivity index (χ2n) is 4.86. The number of carbonyl (C=O) groups is 2. The molecule has 0 saturated carbocycles. The number of hydrogen-bond donors (Lipinski definition) is 0. The molecule has 0 aromatic heterocycles. The number of hydrogen-bond acceptors (Lipinski definition) is 4. The number of Topliss-reactive ketones (excluding diaryl/α,β-unsaturated/α-hetero) is 1. The lowest BCUT2D eigenvalue weighted by Gasteiger charge is -2.02. The molecule has 0 fully saturated rings. The maximum Gasteiger partial charge on any atom is 0.283 e. The minimum Gasteiger partial charge on any atom is -0.300 e. The Bertz CT molecular complexity index is 723. The summed E-state index contributed by atoms with van der Waals surface area (Å²) in [6.07, 6.45) is 1.38. The van der Waals surface area contributed by atoms with E-state index in [4.69, 9.17) is 0 Å². The van der Waals surface area contributed by atoms with Gasteiger partial charge in [0, 0.05) is 30.0 Å². The molecule has 0 bridgehead atoms. The van der Waals surface area contributed by atoms with Crippen LogP contribution in [0, 0.1) is 10.1 Å². The molecule has 0 aliphatic rings. The average Bonchev–Trinajstić information content (AvgIpc) is 2.61. The van der Waals surface area contributed by atoms with Crippen LogP contribution in [0.4, 0.5) is 5.69 Å². The summed E-state index contributed by atoms with van der Waals surface area (Å²) in [4.78, 5) is 32.4. The Balaban J connectivity index is 0.000000413. The molecule has 0 aliphatic heterocycles. The standard InChI is InChI=1S/C13H8BrNO3.C5H10O/c14-11-8-10(6-7-12(11)15(17)18)13(16)9-4-2-1-3-5-9;1-3-5(6)4-2/h1-8H;3-4H2,1-2H3. The molecule has 0 N–H and O–H groups in total. The minimum absolute atomic E-state index is 0.0559. The molecule has 126 valence electrons. The third-order valence-corrected chi connectivity index (χ3v) is 3.87. The minimum atomic E-state index is -0.499. The lowest BCUT2D eigenvalue weighted by Crippen LogP contribution is -2.01. The predicted octanol–water partition coefficient (Wildman–Crippen LogP) is 4.96. The van der Waals surface area contributed by atoms with Gasteiger partial charge in [-0.3, -0.25) is 19.7 Å². The summed E-state index contributed by atoms with van der Waals surface area (Å²) in [5.41, 5.74) is 0.913. The zero-order valence-corrected chi connectivity index (χ0v) is 15.1. The van der Waals surface area contributed by atoms with E-state index in [0.29, 0.717) is 34.2 Å². The summed E-state index contributed by atoms with van der Waals surface area (Å²) in [5, 5.41) is 10.7. The normalized spacial score (nSPS) is 9.62. The Hall–Kier alpha value is -2.34. The van der Waals surface area contributed by atoms with Crippen LogP contribution in [0.1, 0.15) is 42.6 Å². The molecule has 2 rings (SSSR count). The largest absolute Gasteiger partial charge is 0.300 e. The number of benzene rings is 2. The van der Waals surface area contributed by atoms with Gasteiger partial charge < -0.3 is 0 Å². The van der Waals surface area contributed by atoms with Crippen LogP contribution >= 0.6 is 15.9 Å². The second-order valence-corrected chi connectivity index (χ2v) is 5.72. The van der Waals surface area contributed by atoms with Crippen molar-refractivity contribution in [2.24, 2.45) is 0 Å². The molecule has 0 heterocycles. The number of ketones is 2. The molecule has 6 heteroatoms. The van der Waals surface area contributed by atoms with Crippen molar-refractivity contribution in [3.8, 4) is 0 Å². The Morgan fingerprint density at radius 2 is 1.58 bits per heavy atom. The maximum atomic E-state index is 12.1. The predicted molar refractivity (Wildman–Crippen MR) is 96.3 cm³/mol. The van der Waals surface area contributed by atoms with Gasteiger partial charge in [-0.15, -0.1) is 0 Å². The van der Waals surface area contributed by atoms with Crippen molar-refractivity contribution in [3.05, 3.63) is 74.2 Å². The number of nitrogens with zero attached hydrogens (tertiary/aromatic N) is 1. The van der Waals surface area contributed by atoms with E-state index < -0.39 is 4.92 Å². The van der Waals surface area contributed by atoms with Crippen molar-refractivity contribution in [1.82, 2.24) is 0 Å². The van der Waals surface area contributed by atoms with Crippen LogP contribution < -0.4 is 0 Å². The summed E-state index contributed by atoms with van der Waals surface area (Å²) in [7, 11) is 0. The fourth-order valence-corrected chi connectivity index (χ4v) is 2.33. The Morgan fingerprint density at radius 1 is 1.00 bits per heavy atom. The smallest absolute Gasteiger partial charge is 0.283 e. The maximum absolute atomic E-state index is 12.1. The molecule has 0 unspecified atom stereocenters. The first-order valence-electron chi connectivity index (χ1n) is 7.46. The zero-order chi connectivity index (χ0) is 18.1. The first kappa shape index (κ1) is 19.7. The van der Waals surface area contributed by atoms with Crippen LogP contribution in [0.5, 0.6) is 0 Å². The van der Waals surface area contributed by atoms with Gasteiger partial charge >= 0.3 is 0 Å². The van der Waals surface area contributed by atoms with E-state index in [1.807, 2.05) is 19.9 Å². The molecule has 0 amide bonds. The molecule has 0 aliphatic carbocycles. The van der Waals surface area contributed by atoms with Gasteiger partial charge in [0.25, 0.3) is 5.69 Å². The van der Waals surface area contributed by atoms with Gasteiger partial charge in [-0.2, -0.15) is 0 Å². The van der Waals surface area contributed by atoms with E-state index in [2.05, 4.69) is 15.9 Å². The van der Waals surface area contributed by atoms with Crippen LogP contribution in [0.3, 0.4) is 0 Å². The average molecular weight is 392 g/mol. The number of nitro groups is 1. The Labute approximate surface area is 149 Å². The quantitative estimate of drug-likeness (QED) is 0.409. The van der Waals surface area contributed by atoms with Crippen molar-refractivity contribution >= 4 is 33.2 Å². The monoisotopic (exact) mass is 391 g/mol. The van der Waals surface area contributed by atoms with E-state index in [9.17, 15) is 19.7 Å². The van der Waals surface area contributed by atoms with E-state index in [1.54, 1.807) is 24.3 Å². The molecule has 2 aromatic rings. The highest BCUT2D eigenvalue weighted by Crippen LogP contribution is 2.26. The highest BCUT2D eigenvalue weighted by Gasteiger charge is 2.15. The first-order valence-corrected chi connectivity index (χ1v) is 8.25. The van der Waals surface area contributed by atoms with E-state index in [1.165, 1.54) is 18.2 Å². The van der Waals surface area contributed by atoms with Crippen LogP contribution in [-0.2, 0) is 4.79 Å². The van der Waals surface area contributed by atoms with Crippen LogP contribution in [0.15, 0.2) is 53.0 Å². The lowest BCUT2D eigenvalue weighted by molar-refractivity contribution is -0.385. The van der Waals surface area contributed by atoms with Gasteiger partial charge in [0.1, 0.15) is 5.78 Å². The number of rotatable bonds is 5. The Kier molecular flexibility index (Phi) is 7.98. The second kappa shape index (κ2) is 9.72. The summed E-state index contributed by atoms with van der Waals surface area (Å²) in [6, 6.07) is 13.0. The summed E-state index contributed by atoms with van der Waals surface area (Å²) >= 11 is 3.09. The molecule has 2 aromatic carbocycles. The van der Waals surface area contributed by atoms with E-state index in [-0.39, 0.29) is 11.5 Å². The van der Waals surface area contributed by atoms with E-state index in [0.717, 1.165) is 0 Å². The third-order valence-electron chi connectivity index (χ3n) is 3.23. The highest BCUT2D eigenvalue weighted by atomic mass is 79.9. The number of nitro benzene ring substituents is 1. The van der Waals surface area contributed by atoms with Crippen molar-refractivity contribution < 1.29 is 14.5 Å². The summed E-state index contributed by atoms with van der Waals surface area (Å²) in [5.74, 6) is 0.182. The van der Waals surface area contributed by atoms with Crippen molar-refractivity contribution in [3.63, 3.8) is 0 Å². The van der Waals surface area contributed by atoms with Gasteiger partial charge in [-0.1, -0.05) is 44.2 Å². The van der Waals surface area contributed by atoms with Gasteiger partial charge in [0.2, 0.25) is 0 Å². The van der Waals surface area contributed by atoms with Crippen LogP contribution in [0.25, 0.3) is 0 Å². The molecular formula is C18H18BrNO4. The molecule has 24 heavy (non-hydrogen) atoms. The highest BCUT2D eigenvalue weighted by molar-refractivity contribution is 9.10. The van der Waals surface area contributed by atoms with Crippen molar-refractivity contribution in [2.45, 2.75) is 26.7 Å². The molecule has 0 saturated heterocycles. The Morgan fingerprint density at radius 3 is 2.00 bits per heavy atom. The third kappa shape index (κ3) is 5.70. The van der Waals surface area contributed by atoms with Crippen LogP contribution in [-0.4, -0.2) is 16.5 Å². The molecule has 0 atom stereocenters. The fraction of sp³-hybridized carbons (Fsp3) is 0.222. The molecule has 0 spiro atoms. The van der Waals surface area contributed by atoms with Gasteiger partial charge in [0.05, 0.1) is 9.40 Å². The van der Waals surface area contributed by atoms with Crippen molar-refractivity contribution in [1.29, 1.82) is 0 Å². The zero-order valence-electron chi connectivity index (χ0n) is 13.5. The summed E-state index contributed by atoms with van der Waals surface area (Å²) < 4.78 is 0.300. The topological polar surface area (TPSA) is 77.3 Å². The fourth-order valence-electron chi connectivity index (χ4n) is 1.80.